The van der Waals surface area contributed by atoms with Gasteiger partial charge in [-0.05, 0) is 31.0 Å². The Labute approximate surface area is 156 Å². The maximum atomic E-state index is 13.0. The van der Waals surface area contributed by atoms with Crippen molar-refractivity contribution in [3.8, 4) is 11.5 Å². The molecule has 0 aliphatic carbocycles. The fourth-order valence-electron chi connectivity index (χ4n) is 3.18. The van der Waals surface area contributed by atoms with Gasteiger partial charge in [-0.1, -0.05) is 20.8 Å². The monoisotopic (exact) mass is 362 g/mol. The van der Waals surface area contributed by atoms with Gasteiger partial charge < -0.3 is 19.3 Å². The summed E-state index contributed by atoms with van der Waals surface area (Å²) in [5.41, 5.74) is 1.05. The molecule has 1 aliphatic rings. The van der Waals surface area contributed by atoms with E-state index in [1.807, 2.05) is 43.6 Å². The predicted octanol–water partition coefficient (Wildman–Crippen LogP) is 2.73. The van der Waals surface area contributed by atoms with E-state index in [0.717, 1.165) is 12.0 Å². The van der Waals surface area contributed by atoms with Crippen LogP contribution in [0.1, 0.15) is 43.1 Å². The number of rotatable bonds is 3. The lowest BCUT2D eigenvalue weighted by Crippen LogP contribution is -2.42. The molecule has 1 aliphatic heterocycles. The lowest BCUT2D eigenvalue weighted by molar-refractivity contribution is -0.139. The predicted molar refractivity (Wildman–Crippen MR) is 101 cm³/mol. The summed E-state index contributed by atoms with van der Waals surface area (Å²) in [7, 11) is 3.14. The van der Waals surface area contributed by atoms with Crippen molar-refractivity contribution < 1.29 is 19.1 Å². The van der Waals surface area contributed by atoms with Crippen LogP contribution in [0, 0.1) is 12.3 Å². The maximum Gasteiger partial charge on any atom is 0.254 e. The molecule has 1 saturated heterocycles. The highest BCUT2D eigenvalue weighted by atomic mass is 16.5. The molecule has 144 valence electrons. The molecule has 2 amide bonds. The van der Waals surface area contributed by atoms with Crippen LogP contribution in [0.4, 0.5) is 0 Å². The number of aryl methyl sites for hydroxylation is 1. The van der Waals surface area contributed by atoms with Gasteiger partial charge in [-0.25, -0.2) is 0 Å². The first-order valence-electron chi connectivity index (χ1n) is 9.00. The van der Waals surface area contributed by atoms with E-state index < -0.39 is 5.41 Å². The molecule has 0 unspecified atom stereocenters. The van der Waals surface area contributed by atoms with Crippen LogP contribution in [0.2, 0.25) is 0 Å². The van der Waals surface area contributed by atoms with Gasteiger partial charge in [-0.3, -0.25) is 9.59 Å². The Balaban J connectivity index is 2.17. The molecule has 0 N–H and O–H groups in total. The van der Waals surface area contributed by atoms with Gasteiger partial charge in [-0.15, -0.1) is 0 Å². The zero-order valence-corrected chi connectivity index (χ0v) is 16.7. The van der Waals surface area contributed by atoms with Crippen LogP contribution in [-0.4, -0.2) is 62.0 Å². The molecule has 1 heterocycles. The summed E-state index contributed by atoms with van der Waals surface area (Å²) in [6.07, 6.45) is 0.778. The Bertz CT molecular complexity index is 679. The minimum atomic E-state index is -0.404. The minimum Gasteiger partial charge on any atom is -0.493 e. The Hall–Kier alpha value is -2.24. The summed E-state index contributed by atoms with van der Waals surface area (Å²) in [6, 6.07) is 3.55. The fourth-order valence-corrected chi connectivity index (χ4v) is 3.18. The minimum absolute atomic E-state index is 0.0338. The van der Waals surface area contributed by atoms with Gasteiger partial charge in [0.15, 0.2) is 11.5 Å². The van der Waals surface area contributed by atoms with Gasteiger partial charge in [0.2, 0.25) is 5.91 Å². The van der Waals surface area contributed by atoms with Gasteiger partial charge in [0.25, 0.3) is 5.91 Å². The zero-order chi connectivity index (χ0) is 19.5. The standard InChI is InChI=1S/C20H30N2O4/c1-14-12-16(25-5)17(26-6)13-15(14)18(23)21-8-7-9-22(11-10-21)19(24)20(2,3)4/h12-13H,7-11H2,1-6H3. The number of nitrogens with zero attached hydrogens (tertiary/aromatic N) is 2. The topological polar surface area (TPSA) is 59.1 Å². The van der Waals surface area contributed by atoms with Crippen molar-refractivity contribution in [2.45, 2.75) is 34.1 Å². The molecule has 2 rings (SSSR count). The second-order valence-electron chi connectivity index (χ2n) is 7.71. The number of carbonyl (C=O) groups excluding carboxylic acids is 2. The first kappa shape index (κ1) is 20.1. The van der Waals surface area contributed by atoms with Gasteiger partial charge in [-0.2, -0.15) is 0 Å². The molecule has 0 saturated carbocycles. The largest absolute Gasteiger partial charge is 0.493 e. The van der Waals surface area contributed by atoms with Gasteiger partial charge in [0, 0.05) is 37.2 Å². The molecule has 0 atom stereocenters. The van der Waals surface area contributed by atoms with E-state index in [4.69, 9.17) is 9.47 Å². The number of amides is 2. The Morgan fingerprint density at radius 3 is 2.04 bits per heavy atom. The molecule has 1 fully saturated rings. The first-order chi connectivity index (χ1) is 12.2. The third kappa shape index (κ3) is 4.29. The summed E-state index contributed by atoms with van der Waals surface area (Å²) < 4.78 is 10.6. The fraction of sp³-hybridized carbons (Fsp3) is 0.600. The SMILES string of the molecule is COc1cc(C)c(C(=O)N2CCCN(C(=O)C(C)(C)C)CC2)cc1OC. The average molecular weight is 362 g/mol. The summed E-state index contributed by atoms with van der Waals surface area (Å²) in [6.45, 7) is 10.1. The number of ether oxygens (including phenoxy) is 2. The number of hydrogen-bond acceptors (Lipinski definition) is 4. The van der Waals surface area contributed by atoms with Crippen LogP contribution in [0.15, 0.2) is 12.1 Å². The third-order valence-electron chi connectivity index (χ3n) is 4.67. The Morgan fingerprint density at radius 1 is 0.923 bits per heavy atom. The Kier molecular flexibility index (Phi) is 6.16. The van der Waals surface area contributed by atoms with Gasteiger partial charge in [0.05, 0.1) is 14.2 Å². The summed E-state index contributed by atoms with van der Waals surface area (Å²) in [5.74, 6) is 1.25. The van der Waals surface area contributed by atoms with E-state index >= 15 is 0 Å². The molecule has 6 heteroatoms. The molecule has 0 spiro atoms. The molecule has 26 heavy (non-hydrogen) atoms. The van der Waals surface area contributed by atoms with Crippen LogP contribution in [0.25, 0.3) is 0 Å². The average Bonchev–Trinajstić information content (AvgIpc) is 2.85. The van der Waals surface area contributed by atoms with Crippen molar-refractivity contribution >= 4 is 11.8 Å². The molecule has 6 nitrogen and oxygen atoms in total. The quantitative estimate of drug-likeness (QED) is 0.830. The second-order valence-corrected chi connectivity index (χ2v) is 7.71. The highest BCUT2D eigenvalue weighted by molar-refractivity contribution is 5.96. The highest BCUT2D eigenvalue weighted by Gasteiger charge is 2.30. The van der Waals surface area contributed by atoms with E-state index in [-0.39, 0.29) is 11.8 Å². The zero-order valence-electron chi connectivity index (χ0n) is 16.7. The van der Waals surface area contributed by atoms with E-state index in [9.17, 15) is 9.59 Å². The lowest BCUT2D eigenvalue weighted by Gasteiger charge is -2.28. The number of benzene rings is 1. The Morgan fingerprint density at radius 2 is 1.46 bits per heavy atom. The summed E-state index contributed by atoms with van der Waals surface area (Å²) >= 11 is 0. The van der Waals surface area contributed by atoms with E-state index in [0.29, 0.717) is 43.2 Å². The molecule has 1 aromatic carbocycles. The van der Waals surface area contributed by atoms with Crippen LogP contribution in [0.5, 0.6) is 11.5 Å². The first-order valence-corrected chi connectivity index (χ1v) is 9.00. The smallest absolute Gasteiger partial charge is 0.254 e. The number of hydrogen-bond donors (Lipinski definition) is 0. The van der Waals surface area contributed by atoms with E-state index in [2.05, 4.69) is 0 Å². The van der Waals surface area contributed by atoms with Gasteiger partial charge in [0.1, 0.15) is 0 Å². The molecule has 0 radical (unpaired) electrons. The summed E-state index contributed by atoms with van der Waals surface area (Å²) in [4.78, 5) is 29.3. The molecule has 0 bridgehead atoms. The molecular weight excluding hydrogens is 332 g/mol. The number of carbonyl (C=O) groups is 2. The van der Waals surface area contributed by atoms with Crippen LogP contribution in [0.3, 0.4) is 0 Å². The van der Waals surface area contributed by atoms with Crippen molar-refractivity contribution in [2.75, 3.05) is 40.4 Å². The molecule has 0 aromatic heterocycles. The molecule has 1 aromatic rings. The van der Waals surface area contributed by atoms with Gasteiger partial charge >= 0.3 is 0 Å². The maximum absolute atomic E-state index is 13.0. The normalized spacial score (nSPS) is 15.5. The van der Waals surface area contributed by atoms with Crippen molar-refractivity contribution in [3.05, 3.63) is 23.3 Å². The van der Waals surface area contributed by atoms with Crippen molar-refractivity contribution in [3.63, 3.8) is 0 Å². The van der Waals surface area contributed by atoms with E-state index in [1.165, 1.54) is 0 Å². The lowest BCUT2D eigenvalue weighted by atomic mass is 9.94. The van der Waals surface area contributed by atoms with E-state index in [1.54, 1.807) is 20.3 Å². The third-order valence-corrected chi connectivity index (χ3v) is 4.67. The molecular formula is C20H30N2O4. The van der Waals surface area contributed by atoms with Crippen molar-refractivity contribution in [1.29, 1.82) is 0 Å². The number of methoxy groups -OCH3 is 2. The second kappa shape index (κ2) is 7.98. The van der Waals surface area contributed by atoms with Crippen LogP contribution in [-0.2, 0) is 4.79 Å². The van der Waals surface area contributed by atoms with Crippen LogP contribution < -0.4 is 9.47 Å². The van der Waals surface area contributed by atoms with Crippen LogP contribution >= 0.6 is 0 Å². The van der Waals surface area contributed by atoms with Crippen molar-refractivity contribution in [2.24, 2.45) is 5.41 Å². The van der Waals surface area contributed by atoms with Crippen molar-refractivity contribution in [1.82, 2.24) is 9.80 Å². The summed E-state index contributed by atoms with van der Waals surface area (Å²) in [5, 5.41) is 0. The highest BCUT2D eigenvalue weighted by Crippen LogP contribution is 2.31.